The Hall–Kier alpha value is -1.20. The average Bonchev–Trinajstić information content (AvgIpc) is 2.65. The van der Waals surface area contributed by atoms with E-state index in [-0.39, 0.29) is 5.54 Å². The van der Waals surface area contributed by atoms with Gasteiger partial charge in [-0.3, -0.25) is 0 Å². The molecule has 3 N–H and O–H groups in total. The molecule has 0 spiro atoms. The van der Waals surface area contributed by atoms with Crippen LogP contribution in [0.2, 0.25) is 0 Å². The molecule has 0 aliphatic heterocycles. The van der Waals surface area contributed by atoms with Crippen LogP contribution in [0.3, 0.4) is 0 Å². The summed E-state index contributed by atoms with van der Waals surface area (Å²) < 4.78 is 0. The van der Waals surface area contributed by atoms with Crippen LogP contribution in [-0.4, -0.2) is 22.1 Å². The number of fused-ring (bicyclic) bond motifs is 1. The molecule has 0 saturated carbocycles. The van der Waals surface area contributed by atoms with Crippen LogP contribution in [0.15, 0.2) is 17.8 Å². The summed E-state index contributed by atoms with van der Waals surface area (Å²) in [6.45, 7) is 4.91. The van der Waals surface area contributed by atoms with Gasteiger partial charge in [-0.2, -0.15) is 0 Å². The third kappa shape index (κ3) is 2.31. The van der Waals surface area contributed by atoms with Gasteiger partial charge in [0.25, 0.3) is 0 Å². The van der Waals surface area contributed by atoms with Crippen LogP contribution in [0.4, 0.5) is 5.82 Å². The normalized spacial score (nSPS) is 11.9. The predicted octanol–water partition coefficient (Wildman–Crippen LogP) is 2.23. The van der Waals surface area contributed by atoms with E-state index in [0.29, 0.717) is 6.54 Å². The molecule has 5 heteroatoms. The van der Waals surface area contributed by atoms with Crippen LogP contribution in [0, 0.1) is 0 Å². The molecule has 2 aromatic rings. The van der Waals surface area contributed by atoms with Gasteiger partial charge in [-0.15, -0.1) is 11.3 Å². The molecule has 0 bridgehead atoms. The Morgan fingerprint density at radius 2 is 2.25 bits per heavy atom. The maximum absolute atomic E-state index is 5.59. The molecule has 0 fully saturated rings. The number of nitrogens with one attached hydrogen (secondary N) is 1. The average molecular weight is 236 g/mol. The van der Waals surface area contributed by atoms with E-state index >= 15 is 0 Å². The van der Waals surface area contributed by atoms with Crippen molar-refractivity contribution in [2.45, 2.75) is 25.8 Å². The van der Waals surface area contributed by atoms with Crippen molar-refractivity contribution in [2.24, 2.45) is 5.73 Å². The largest absolute Gasteiger partial charge is 0.365 e. The monoisotopic (exact) mass is 236 g/mol. The summed E-state index contributed by atoms with van der Waals surface area (Å²) in [6, 6.07) is 2.04. The van der Waals surface area contributed by atoms with Crippen LogP contribution in [-0.2, 0) is 0 Å². The molecule has 2 heterocycles. The van der Waals surface area contributed by atoms with Crippen molar-refractivity contribution >= 4 is 27.4 Å². The zero-order chi connectivity index (χ0) is 11.6. The SMILES string of the molecule is CC(C)(CCN)Nc1ncnc2sccc12. The molecule has 2 aromatic heterocycles. The van der Waals surface area contributed by atoms with Crippen molar-refractivity contribution in [3.8, 4) is 0 Å². The van der Waals surface area contributed by atoms with Crippen molar-refractivity contribution in [1.82, 2.24) is 9.97 Å². The van der Waals surface area contributed by atoms with E-state index in [1.807, 2.05) is 11.4 Å². The maximum atomic E-state index is 5.59. The molecule has 86 valence electrons. The minimum absolute atomic E-state index is 0.0437. The Bertz CT molecular complexity index is 478. The van der Waals surface area contributed by atoms with Crippen LogP contribution in [0.5, 0.6) is 0 Å². The molecule has 0 atom stereocenters. The van der Waals surface area contributed by atoms with Crippen molar-refractivity contribution in [1.29, 1.82) is 0 Å². The molecular weight excluding hydrogens is 220 g/mol. The highest BCUT2D eigenvalue weighted by Gasteiger charge is 2.18. The lowest BCUT2D eigenvalue weighted by Gasteiger charge is -2.26. The Kier molecular flexibility index (Phi) is 3.07. The van der Waals surface area contributed by atoms with E-state index in [9.17, 15) is 0 Å². The Balaban J connectivity index is 2.30. The Labute approximate surface area is 98.9 Å². The maximum Gasteiger partial charge on any atom is 0.138 e. The van der Waals surface area contributed by atoms with E-state index in [1.54, 1.807) is 17.7 Å². The fourth-order valence-corrected chi connectivity index (χ4v) is 2.37. The molecule has 0 aromatic carbocycles. The van der Waals surface area contributed by atoms with Gasteiger partial charge in [-0.1, -0.05) is 0 Å². The predicted molar refractivity (Wildman–Crippen MR) is 68.8 cm³/mol. The Morgan fingerprint density at radius 1 is 1.44 bits per heavy atom. The molecule has 0 radical (unpaired) electrons. The van der Waals surface area contributed by atoms with Crippen molar-refractivity contribution in [2.75, 3.05) is 11.9 Å². The molecule has 0 unspecified atom stereocenters. The van der Waals surface area contributed by atoms with Gasteiger partial charge in [0.15, 0.2) is 0 Å². The first kappa shape index (κ1) is 11.3. The number of thiophene rings is 1. The topological polar surface area (TPSA) is 63.8 Å². The Morgan fingerprint density at radius 3 is 3.00 bits per heavy atom. The van der Waals surface area contributed by atoms with Crippen molar-refractivity contribution in [3.05, 3.63) is 17.8 Å². The quantitative estimate of drug-likeness (QED) is 0.854. The zero-order valence-electron chi connectivity index (χ0n) is 9.53. The van der Waals surface area contributed by atoms with Gasteiger partial charge in [-0.05, 0) is 38.3 Å². The lowest BCUT2D eigenvalue weighted by Crippen LogP contribution is -2.33. The molecule has 0 saturated heterocycles. The number of anilines is 1. The smallest absolute Gasteiger partial charge is 0.138 e. The zero-order valence-corrected chi connectivity index (χ0v) is 10.3. The third-order valence-electron chi connectivity index (χ3n) is 2.49. The first-order valence-corrected chi connectivity index (χ1v) is 6.17. The van der Waals surface area contributed by atoms with Gasteiger partial charge in [0, 0.05) is 5.54 Å². The van der Waals surface area contributed by atoms with E-state index < -0.39 is 0 Å². The first-order valence-electron chi connectivity index (χ1n) is 5.29. The van der Waals surface area contributed by atoms with Crippen LogP contribution in [0.1, 0.15) is 20.3 Å². The van der Waals surface area contributed by atoms with Gasteiger partial charge in [0.2, 0.25) is 0 Å². The summed E-state index contributed by atoms with van der Waals surface area (Å²) in [5.41, 5.74) is 5.55. The van der Waals surface area contributed by atoms with Crippen molar-refractivity contribution in [3.63, 3.8) is 0 Å². The molecule has 0 aliphatic carbocycles. The van der Waals surface area contributed by atoms with Gasteiger partial charge >= 0.3 is 0 Å². The summed E-state index contributed by atoms with van der Waals surface area (Å²) in [5, 5.41) is 6.53. The number of rotatable bonds is 4. The molecule has 2 rings (SSSR count). The summed E-state index contributed by atoms with van der Waals surface area (Å²) >= 11 is 1.63. The fraction of sp³-hybridized carbons (Fsp3) is 0.455. The molecule has 4 nitrogen and oxygen atoms in total. The lowest BCUT2D eigenvalue weighted by molar-refractivity contribution is 0.525. The van der Waals surface area contributed by atoms with E-state index in [0.717, 1.165) is 22.5 Å². The van der Waals surface area contributed by atoms with E-state index in [1.165, 1.54) is 0 Å². The third-order valence-corrected chi connectivity index (χ3v) is 3.31. The van der Waals surface area contributed by atoms with Crippen molar-refractivity contribution < 1.29 is 0 Å². The van der Waals surface area contributed by atoms with E-state index in [4.69, 9.17) is 5.73 Å². The van der Waals surface area contributed by atoms with Gasteiger partial charge in [-0.25, -0.2) is 9.97 Å². The minimum Gasteiger partial charge on any atom is -0.365 e. The second kappa shape index (κ2) is 4.35. The molecule has 0 aliphatic rings. The fourth-order valence-electron chi connectivity index (χ4n) is 1.63. The summed E-state index contributed by atoms with van der Waals surface area (Å²) in [7, 11) is 0. The highest BCUT2D eigenvalue weighted by atomic mass is 32.1. The highest BCUT2D eigenvalue weighted by Crippen LogP contribution is 2.26. The van der Waals surface area contributed by atoms with Crippen LogP contribution >= 0.6 is 11.3 Å². The molecule has 16 heavy (non-hydrogen) atoms. The number of aromatic nitrogens is 2. The highest BCUT2D eigenvalue weighted by molar-refractivity contribution is 7.16. The first-order chi connectivity index (χ1) is 7.62. The van der Waals surface area contributed by atoms with Gasteiger partial charge in [0.05, 0.1) is 5.39 Å². The number of nitrogens with zero attached hydrogens (tertiary/aromatic N) is 2. The second-order valence-electron chi connectivity index (χ2n) is 4.41. The summed E-state index contributed by atoms with van der Waals surface area (Å²) in [4.78, 5) is 9.53. The van der Waals surface area contributed by atoms with Gasteiger partial charge in [0.1, 0.15) is 17.0 Å². The molecule has 0 amide bonds. The number of hydrogen-bond donors (Lipinski definition) is 2. The van der Waals surface area contributed by atoms with Gasteiger partial charge < -0.3 is 11.1 Å². The van der Waals surface area contributed by atoms with Crippen LogP contribution < -0.4 is 11.1 Å². The number of hydrogen-bond acceptors (Lipinski definition) is 5. The minimum atomic E-state index is -0.0437. The van der Waals surface area contributed by atoms with Crippen LogP contribution in [0.25, 0.3) is 10.2 Å². The molecular formula is C11H16N4S. The van der Waals surface area contributed by atoms with E-state index in [2.05, 4.69) is 29.1 Å². The number of nitrogens with two attached hydrogens (primary N) is 1. The summed E-state index contributed by atoms with van der Waals surface area (Å²) in [6.07, 6.45) is 2.50. The standard InChI is InChI=1S/C11H16N4S/c1-11(2,4-5-12)15-9-8-3-6-16-10(8)14-7-13-9/h3,6-7H,4-5,12H2,1-2H3,(H,13,14,15). The second-order valence-corrected chi connectivity index (χ2v) is 5.30. The summed E-state index contributed by atoms with van der Waals surface area (Å²) in [5.74, 6) is 0.893. The lowest BCUT2D eigenvalue weighted by atomic mass is 10.0.